The molecule has 0 aromatic heterocycles. The van der Waals surface area contributed by atoms with Crippen LogP contribution in [0.25, 0.3) is 0 Å². The first-order valence-electron chi connectivity index (χ1n) is 6.88. The molecule has 0 saturated heterocycles. The second kappa shape index (κ2) is 7.71. The number of alkyl halides is 1. The average Bonchev–Trinajstić information content (AvgIpc) is 2.50. The van der Waals surface area contributed by atoms with E-state index < -0.39 is 0 Å². The Kier molecular flexibility index (Phi) is 6.98. The van der Waals surface area contributed by atoms with Crippen molar-refractivity contribution in [3.05, 3.63) is 0 Å². The number of rotatable bonds is 6. The largest absolute Gasteiger partial charge is 0.374 e. The van der Waals surface area contributed by atoms with Crippen LogP contribution in [0.4, 0.5) is 0 Å². The summed E-state index contributed by atoms with van der Waals surface area (Å²) in [6.45, 7) is 5.52. The first-order chi connectivity index (χ1) is 7.68. The van der Waals surface area contributed by atoms with Gasteiger partial charge in [-0.1, -0.05) is 55.5 Å². The van der Waals surface area contributed by atoms with Gasteiger partial charge in [0.25, 0.3) is 0 Å². The molecule has 0 aromatic carbocycles. The van der Waals surface area contributed by atoms with E-state index in [9.17, 15) is 0 Å². The molecule has 96 valence electrons. The number of hydrogen-bond donors (Lipinski definition) is 0. The van der Waals surface area contributed by atoms with E-state index in [1.165, 1.54) is 51.4 Å². The normalized spacial score (nSPS) is 21.0. The van der Waals surface area contributed by atoms with Gasteiger partial charge in [-0.15, -0.1) is 0 Å². The molecule has 0 radical (unpaired) electrons. The van der Waals surface area contributed by atoms with E-state index in [1.54, 1.807) is 0 Å². The van der Waals surface area contributed by atoms with Crippen molar-refractivity contribution in [1.29, 1.82) is 0 Å². The lowest BCUT2D eigenvalue weighted by atomic mass is 9.96. The minimum atomic E-state index is 0.160. The molecule has 0 aliphatic heterocycles. The summed E-state index contributed by atoms with van der Waals surface area (Å²) in [6, 6.07) is 0. The molecule has 0 spiro atoms. The van der Waals surface area contributed by atoms with Crippen LogP contribution in [-0.2, 0) is 4.74 Å². The third-order valence-corrected chi connectivity index (χ3v) is 4.61. The Morgan fingerprint density at radius 1 is 1.12 bits per heavy atom. The van der Waals surface area contributed by atoms with Crippen LogP contribution >= 0.6 is 15.9 Å². The lowest BCUT2D eigenvalue weighted by Crippen LogP contribution is -2.34. The smallest absolute Gasteiger partial charge is 0.0778 e. The summed E-state index contributed by atoms with van der Waals surface area (Å²) in [5.74, 6) is 0.803. The summed E-state index contributed by atoms with van der Waals surface area (Å²) < 4.78 is 6.20. The summed E-state index contributed by atoms with van der Waals surface area (Å²) >= 11 is 3.66. The van der Waals surface area contributed by atoms with Crippen molar-refractivity contribution in [1.82, 2.24) is 0 Å². The highest BCUT2D eigenvalue weighted by Gasteiger charge is 2.30. The maximum atomic E-state index is 6.20. The van der Waals surface area contributed by atoms with E-state index in [2.05, 4.69) is 29.8 Å². The van der Waals surface area contributed by atoms with Gasteiger partial charge in [-0.05, 0) is 31.6 Å². The second-order valence-electron chi connectivity index (χ2n) is 5.62. The highest BCUT2D eigenvalue weighted by atomic mass is 79.9. The Balaban J connectivity index is 2.28. The van der Waals surface area contributed by atoms with Crippen LogP contribution in [0.5, 0.6) is 0 Å². The molecule has 1 fully saturated rings. The third-order valence-electron chi connectivity index (χ3n) is 3.59. The van der Waals surface area contributed by atoms with Crippen molar-refractivity contribution in [3.8, 4) is 0 Å². The molecule has 0 atom stereocenters. The summed E-state index contributed by atoms with van der Waals surface area (Å²) in [5.41, 5.74) is 0.160. The fraction of sp³-hybridized carbons (Fsp3) is 1.00. The molecule has 2 heteroatoms. The van der Waals surface area contributed by atoms with E-state index in [-0.39, 0.29) is 5.60 Å². The van der Waals surface area contributed by atoms with E-state index >= 15 is 0 Å². The van der Waals surface area contributed by atoms with Gasteiger partial charge < -0.3 is 4.74 Å². The topological polar surface area (TPSA) is 9.23 Å². The molecule has 1 nitrogen and oxygen atoms in total. The monoisotopic (exact) mass is 290 g/mol. The third kappa shape index (κ3) is 5.18. The molecular weight excluding hydrogens is 264 g/mol. The van der Waals surface area contributed by atoms with Crippen LogP contribution in [0.1, 0.15) is 65.2 Å². The highest BCUT2D eigenvalue weighted by Crippen LogP contribution is 2.32. The highest BCUT2D eigenvalue weighted by molar-refractivity contribution is 9.09. The van der Waals surface area contributed by atoms with Gasteiger partial charge in [0.2, 0.25) is 0 Å². The van der Waals surface area contributed by atoms with Gasteiger partial charge in [-0.25, -0.2) is 0 Å². The molecule has 0 heterocycles. The van der Waals surface area contributed by atoms with Crippen molar-refractivity contribution in [2.45, 2.75) is 70.8 Å². The molecule has 16 heavy (non-hydrogen) atoms. The predicted molar refractivity (Wildman–Crippen MR) is 74.3 cm³/mol. The molecule has 1 saturated carbocycles. The number of halogens is 1. The van der Waals surface area contributed by atoms with Gasteiger partial charge in [-0.2, -0.15) is 0 Å². The molecule has 0 aromatic rings. The minimum Gasteiger partial charge on any atom is -0.374 e. The second-order valence-corrected chi connectivity index (χ2v) is 6.18. The van der Waals surface area contributed by atoms with Crippen molar-refractivity contribution in [3.63, 3.8) is 0 Å². The zero-order valence-corrected chi connectivity index (χ0v) is 12.5. The standard InChI is InChI=1S/C14H27BrO/c1-13(2)8-7-11-16-14(12-15)9-5-3-4-6-10-14/h13H,3-12H2,1-2H3. The molecule has 1 aliphatic rings. The quantitative estimate of drug-likeness (QED) is 0.383. The number of ether oxygens (including phenoxy) is 1. The van der Waals surface area contributed by atoms with Crippen molar-refractivity contribution >= 4 is 15.9 Å². The Bertz CT molecular complexity index is 172. The van der Waals surface area contributed by atoms with Crippen LogP contribution in [0.3, 0.4) is 0 Å². The van der Waals surface area contributed by atoms with E-state index in [0.29, 0.717) is 0 Å². The Morgan fingerprint density at radius 2 is 1.75 bits per heavy atom. The van der Waals surface area contributed by atoms with Crippen LogP contribution in [0, 0.1) is 5.92 Å². The van der Waals surface area contributed by atoms with Gasteiger partial charge in [0.1, 0.15) is 0 Å². The van der Waals surface area contributed by atoms with E-state index in [0.717, 1.165) is 17.9 Å². The van der Waals surface area contributed by atoms with E-state index in [1.807, 2.05) is 0 Å². The summed E-state index contributed by atoms with van der Waals surface area (Å²) in [5, 5.41) is 1.02. The SMILES string of the molecule is CC(C)CCCOC1(CBr)CCCCCC1. The average molecular weight is 291 g/mol. The molecule has 0 N–H and O–H groups in total. The minimum absolute atomic E-state index is 0.160. The lowest BCUT2D eigenvalue weighted by molar-refractivity contribution is -0.0395. The van der Waals surface area contributed by atoms with Gasteiger partial charge in [0.15, 0.2) is 0 Å². The van der Waals surface area contributed by atoms with Gasteiger partial charge >= 0.3 is 0 Å². The van der Waals surface area contributed by atoms with Gasteiger partial charge in [0.05, 0.1) is 5.60 Å². The predicted octanol–water partition coefficient (Wildman–Crippen LogP) is 4.93. The Labute approximate surface area is 109 Å². The molecule has 1 rings (SSSR count). The van der Waals surface area contributed by atoms with Crippen LogP contribution < -0.4 is 0 Å². The molecule has 0 unspecified atom stereocenters. The zero-order chi connectivity index (χ0) is 11.9. The van der Waals surface area contributed by atoms with Crippen LogP contribution in [0.15, 0.2) is 0 Å². The maximum Gasteiger partial charge on any atom is 0.0778 e. The number of hydrogen-bond acceptors (Lipinski definition) is 1. The van der Waals surface area contributed by atoms with Gasteiger partial charge in [0, 0.05) is 11.9 Å². The first kappa shape index (κ1) is 14.5. The summed E-state index contributed by atoms with van der Waals surface area (Å²) in [6.07, 6.45) is 10.5. The van der Waals surface area contributed by atoms with Crippen molar-refractivity contribution in [2.24, 2.45) is 5.92 Å². The lowest BCUT2D eigenvalue weighted by Gasteiger charge is -2.31. The zero-order valence-electron chi connectivity index (χ0n) is 10.9. The fourth-order valence-electron chi connectivity index (χ4n) is 2.47. The van der Waals surface area contributed by atoms with Crippen molar-refractivity contribution in [2.75, 3.05) is 11.9 Å². The summed E-state index contributed by atoms with van der Waals surface area (Å²) in [7, 11) is 0. The van der Waals surface area contributed by atoms with Crippen LogP contribution in [0.2, 0.25) is 0 Å². The molecular formula is C14H27BrO. The fourth-order valence-corrected chi connectivity index (χ4v) is 3.19. The van der Waals surface area contributed by atoms with E-state index in [4.69, 9.17) is 4.74 Å². The molecule has 0 bridgehead atoms. The molecule has 0 amide bonds. The van der Waals surface area contributed by atoms with Gasteiger partial charge in [-0.3, -0.25) is 0 Å². The summed E-state index contributed by atoms with van der Waals surface area (Å²) in [4.78, 5) is 0. The Morgan fingerprint density at radius 3 is 2.25 bits per heavy atom. The van der Waals surface area contributed by atoms with Crippen molar-refractivity contribution < 1.29 is 4.74 Å². The maximum absolute atomic E-state index is 6.20. The molecule has 1 aliphatic carbocycles. The first-order valence-corrected chi connectivity index (χ1v) is 8.01. The Hall–Kier alpha value is 0.440. The van der Waals surface area contributed by atoms with Crippen LogP contribution in [-0.4, -0.2) is 17.5 Å².